The van der Waals surface area contributed by atoms with E-state index in [9.17, 15) is 15.0 Å². The molecule has 2 unspecified atom stereocenters. The lowest BCUT2D eigenvalue weighted by molar-refractivity contribution is 0.103. The zero-order valence-corrected chi connectivity index (χ0v) is 63.8. The van der Waals surface area contributed by atoms with Gasteiger partial charge < -0.3 is 27.9 Å². The van der Waals surface area contributed by atoms with Crippen LogP contribution in [0.3, 0.4) is 0 Å². The number of benzene rings is 7. The highest BCUT2D eigenvalue weighted by atomic mass is 79.9. The molecule has 2 atom stereocenters. The summed E-state index contributed by atoms with van der Waals surface area (Å²) in [6.45, 7) is 44.6. The number of hydrogen-bond acceptors (Lipinski definition) is 7. The maximum absolute atomic E-state index is 12.6. The lowest BCUT2D eigenvalue weighted by Crippen LogP contribution is -2.43. The maximum atomic E-state index is 12.6. The summed E-state index contributed by atoms with van der Waals surface area (Å²) in [6, 6.07) is 51.1. The molecule has 7 aromatic rings. The summed E-state index contributed by atoms with van der Waals surface area (Å²) in [6.07, 6.45) is -1.71. The quantitative estimate of drug-likeness (QED) is 0.0827. The van der Waals surface area contributed by atoms with Crippen LogP contribution < -0.4 is 17.7 Å². The first kappa shape index (κ1) is 73.7. The van der Waals surface area contributed by atoms with E-state index in [-0.39, 0.29) is 25.9 Å². The Morgan fingerprint density at radius 2 is 0.729 bits per heavy atom. The maximum Gasteiger partial charge on any atom is 0.250 e. The SMILES string of the molecule is CC(C)(C)[Si](C)(C)Oc1ccc(Br)cc1.CC(C)(C)[Si](C)(C)Oc1ccc(C(=O)c2cc(Br)ccc2Cl)cc1.CC(C)(C)[Si](C)(C)Oc1ccc(C(O)c2cccc(C(O)c3cc(Br)ccc3Cl)c2)cc1.CC(C)(C)[Si](C)(C)Oc1ccccc1. The van der Waals surface area contributed by atoms with Crippen LogP contribution in [0.5, 0.6) is 23.0 Å². The first-order valence-electron chi connectivity index (χ1n) is 28.6. The number of halogens is 5. The van der Waals surface area contributed by atoms with Gasteiger partial charge in [-0.1, -0.05) is 203 Å². The Labute approximate surface area is 549 Å². The monoisotopic (exact) mass is 1450 g/mol. The van der Waals surface area contributed by atoms with Crippen LogP contribution in [-0.2, 0) is 0 Å². The molecule has 16 heteroatoms. The lowest BCUT2D eigenvalue weighted by Gasteiger charge is -2.36. The van der Waals surface area contributed by atoms with E-state index >= 15 is 0 Å². The first-order valence-corrected chi connectivity index (χ1v) is 43.4. The van der Waals surface area contributed by atoms with Gasteiger partial charge in [0.2, 0.25) is 33.3 Å². The van der Waals surface area contributed by atoms with Crippen molar-refractivity contribution in [3.8, 4) is 23.0 Å². The molecule has 7 rings (SSSR count). The first-order chi connectivity index (χ1) is 38.9. The average Bonchev–Trinajstić information content (AvgIpc) is 3.62. The number of hydrogen-bond donors (Lipinski definition) is 2. The Hall–Kier alpha value is -3.78. The molecule has 7 aromatic carbocycles. The molecular weight excluding hydrogens is 1360 g/mol. The Balaban J connectivity index is 0.000000257. The van der Waals surface area contributed by atoms with Gasteiger partial charge in [-0.05, 0) is 204 Å². The van der Waals surface area contributed by atoms with Gasteiger partial charge in [0.25, 0.3) is 0 Å². The standard InChI is InChI=1S/C26H30BrClO3Si.C19H22BrClO2Si.C12H19BrOSi.C12H20OSi/c1-26(2,3)32(4,5)31-21-12-9-17(10-13-21)24(29)18-7-6-8-19(15-18)25(30)22-16-20(27)11-14-23(22)28;1-19(2,3)24(4,5)23-15-9-6-13(7-10-15)18(22)16-12-14(20)8-11-17(16)21;1-12(2,3)15(4,5)14-11-8-6-10(13)7-9-11;1-12(2,3)14(4,5)13-11-9-7-6-8-10-11/h6-16,24-25,29-30H,1-5H3;6-12H,1-5H3;6-9H,1-5H3;6-10H,1-5H3. The molecule has 0 bridgehead atoms. The van der Waals surface area contributed by atoms with Gasteiger partial charge in [0.15, 0.2) is 5.78 Å². The second-order valence-corrected chi connectivity index (χ2v) is 49.9. The third-order valence-corrected chi connectivity index (χ3v) is 36.2. The van der Waals surface area contributed by atoms with Crippen LogP contribution in [0, 0.1) is 0 Å². The summed E-state index contributed by atoms with van der Waals surface area (Å²) in [5.41, 5.74) is 3.83. The molecule has 0 aliphatic carbocycles. The Bertz CT molecular complexity index is 3260. The molecule has 460 valence electrons. The number of ketones is 1. The number of aliphatic hydroxyl groups excluding tert-OH is 2. The number of aliphatic hydroxyl groups is 2. The molecule has 0 spiro atoms. The van der Waals surface area contributed by atoms with Crippen molar-refractivity contribution in [1.82, 2.24) is 0 Å². The van der Waals surface area contributed by atoms with Gasteiger partial charge in [0.1, 0.15) is 35.2 Å². The molecule has 85 heavy (non-hydrogen) atoms. The van der Waals surface area contributed by atoms with E-state index in [1.807, 2.05) is 127 Å². The van der Waals surface area contributed by atoms with Crippen LogP contribution >= 0.6 is 71.0 Å². The minimum absolute atomic E-state index is 0.0971. The molecule has 0 aliphatic rings. The Morgan fingerprint density at radius 3 is 1.14 bits per heavy atom. The average molecular weight is 1460 g/mol. The molecule has 0 radical (unpaired) electrons. The van der Waals surface area contributed by atoms with E-state index in [4.69, 9.17) is 40.9 Å². The lowest BCUT2D eigenvalue weighted by atomic mass is 9.95. The fourth-order valence-corrected chi connectivity index (χ4v) is 12.6. The topological polar surface area (TPSA) is 94.5 Å². The van der Waals surface area contributed by atoms with Crippen molar-refractivity contribution in [2.75, 3.05) is 0 Å². The van der Waals surface area contributed by atoms with Crippen LogP contribution in [0.1, 0.15) is 133 Å². The number of rotatable bonds is 14. The van der Waals surface area contributed by atoms with Gasteiger partial charge in [-0.3, -0.25) is 4.79 Å². The van der Waals surface area contributed by atoms with Gasteiger partial charge in [-0.2, -0.15) is 0 Å². The van der Waals surface area contributed by atoms with Gasteiger partial charge >= 0.3 is 0 Å². The highest BCUT2D eigenvalue weighted by Gasteiger charge is 2.41. The van der Waals surface area contributed by atoms with Crippen molar-refractivity contribution in [3.63, 3.8) is 0 Å². The molecule has 2 N–H and O–H groups in total. The normalized spacial score (nSPS) is 13.1. The summed E-state index contributed by atoms with van der Waals surface area (Å²) >= 11 is 22.7. The molecular formula is C69H91Br3Cl2O7Si4. The highest BCUT2D eigenvalue weighted by Crippen LogP contribution is 2.42. The third-order valence-electron chi connectivity index (χ3n) is 16.6. The fraction of sp³-hybridized carbons (Fsp3) is 0.377. The van der Waals surface area contributed by atoms with Crippen LogP contribution in [0.2, 0.25) is 82.6 Å². The fourth-order valence-electron chi connectivity index (χ4n) is 7.00. The largest absolute Gasteiger partial charge is 0.544 e. The van der Waals surface area contributed by atoms with Crippen molar-refractivity contribution >= 4 is 110 Å². The van der Waals surface area contributed by atoms with Gasteiger partial charge in [-0.25, -0.2) is 0 Å². The summed E-state index contributed by atoms with van der Waals surface area (Å²) in [4.78, 5) is 12.6. The molecule has 0 saturated carbocycles. The van der Waals surface area contributed by atoms with Crippen molar-refractivity contribution < 1.29 is 32.7 Å². The van der Waals surface area contributed by atoms with Crippen molar-refractivity contribution in [1.29, 1.82) is 0 Å². The summed E-state index contributed by atoms with van der Waals surface area (Å²) in [5, 5.41) is 23.6. The molecule has 0 aromatic heterocycles. The van der Waals surface area contributed by atoms with Crippen LogP contribution in [0.25, 0.3) is 0 Å². The predicted molar refractivity (Wildman–Crippen MR) is 381 cm³/mol. The number of para-hydroxylation sites is 1. The highest BCUT2D eigenvalue weighted by molar-refractivity contribution is 9.11. The Kier molecular flexibility index (Phi) is 26.1. The van der Waals surface area contributed by atoms with Gasteiger partial charge in [0, 0.05) is 35.1 Å². The molecule has 0 saturated heterocycles. The van der Waals surface area contributed by atoms with Crippen LogP contribution in [0.4, 0.5) is 0 Å². The van der Waals surface area contributed by atoms with E-state index in [2.05, 4.69) is 183 Å². The second kappa shape index (κ2) is 30.1. The number of carbonyl (C=O) groups is 1. The molecule has 0 amide bonds. The van der Waals surface area contributed by atoms with Crippen molar-refractivity contribution in [2.24, 2.45) is 0 Å². The second-order valence-electron chi connectivity index (χ2n) is 27.4. The minimum Gasteiger partial charge on any atom is -0.544 e. The minimum atomic E-state index is -1.92. The molecule has 0 heterocycles. The predicted octanol–water partition coefficient (Wildman–Crippen LogP) is 23.3. The van der Waals surface area contributed by atoms with E-state index in [0.29, 0.717) is 37.9 Å². The number of carbonyl (C=O) groups excluding carboxylic acids is 1. The van der Waals surface area contributed by atoms with Crippen LogP contribution in [-0.4, -0.2) is 49.3 Å². The van der Waals surface area contributed by atoms with E-state index in [1.54, 1.807) is 36.4 Å². The smallest absolute Gasteiger partial charge is 0.250 e. The zero-order valence-electron chi connectivity index (χ0n) is 53.6. The van der Waals surface area contributed by atoms with Crippen molar-refractivity contribution in [2.45, 2.75) is 168 Å². The zero-order chi connectivity index (χ0) is 64.3. The van der Waals surface area contributed by atoms with Gasteiger partial charge in [-0.15, -0.1) is 0 Å². The van der Waals surface area contributed by atoms with Crippen LogP contribution in [0.15, 0.2) is 177 Å². The Morgan fingerprint density at radius 1 is 0.388 bits per heavy atom. The molecule has 7 nitrogen and oxygen atoms in total. The molecule has 0 fully saturated rings. The summed E-state index contributed by atoms with van der Waals surface area (Å²) < 4.78 is 27.6. The summed E-state index contributed by atoms with van der Waals surface area (Å²) in [5.74, 6) is 3.50. The van der Waals surface area contributed by atoms with Crippen molar-refractivity contribution in [3.05, 3.63) is 221 Å². The van der Waals surface area contributed by atoms with E-state index < -0.39 is 45.5 Å². The third kappa shape index (κ3) is 21.7. The molecule has 0 aliphatic heterocycles. The van der Waals surface area contributed by atoms with E-state index in [0.717, 1.165) is 42.0 Å². The van der Waals surface area contributed by atoms with E-state index in [1.165, 1.54) is 0 Å². The van der Waals surface area contributed by atoms with Gasteiger partial charge in [0.05, 0.1) is 5.02 Å². The summed E-state index contributed by atoms with van der Waals surface area (Å²) in [7, 11) is -7.13.